The normalized spacial score (nSPS) is 7.78. The van der Waals surface area contributed by atoms with E-state index < -0.39 is 5.97 Å². The summed E-state index contributed by atoms with van der Waals surface area (Å²) in [5.41, 5.74) is 2.88. The summed E-state index contributed by atoms with van der Waals surface area (Å²) in [6.07, 6.45) is 2.52. The molecule has 0 fully saturated rings. The molecular formula is C7H10O2. The van der Waals surface area contributed by atoms with Gasteiger partial charge in [0.25, 0.3) is 0 Å². The van der Waals surface area contributed by atoms with E-state index in [9.17, 15) is 4.79 Å². The van der Waals surface area contributed by atoms with Crippen LogP contribution < -0.4 is 0 Å². The molecular weight excluding hydrogens is 116 g/mol. The first-order valence-electron chi connectivity index (χ1n) is 2.83. The Morgan fingerprint density at radius 2 is 2.33 bits per heavy atom. The van der Waals surface area contributed by atoms with Crippen molar-refractivity contribution in [3.63, 3.8) is 0 Å². The summed E-state index contributed by atoms with van der Waals surface area (Å²) in [5, 5.41) is 8.29. The van der Waals surface area contributed by atoms with Crippen molar-refractivity contribution in [2.75, 3.05) is 0 Å². The number of hydrogen-bond acceptors (Lipinski definition) is 1. The first-order valence-corrected chi connectivity index (χ1v) is 2.83. The van der Waals surface area contributed by atoms with E-state index in [0.29, 0.717) is 0 Å². The van der Waals surface area contributed by atoms with Crippen LogP contribution in [0.3, 0.4) is 0 Å². The Labute approximate surface area is 54.5 Å². The molecule has 0 aliphatic carbocycles. The van der Waals surface area contributed by atoms with Crippen LogP contribution in [-0.2, 0) is 4.79 Å². The third-order valence-corrected chi connectivity index (χ3v) is 0.843. The lowest BCUT2D eigenvalue weighted by atomic mass is 10.3. The van der Waals surface area contributed by atoms with Gasteiger partial charge in [-0.15, -0.1) is 5.73 Å². The average Bonchev–Trinajstić information content (AvgIpc) is 1.82. The highest BCUT2D eigenvalue weighted by molar-refractivity contribution is 5.85. The molecule has 0 atom stereocenters. The zero-order chi connectivity index (χ0) is 7.28. The van der Waals surface area contributed by atoms with E-state index in [-0.39, 0.29) is 5.57 Å². The molecule has 2 nitrogen and oxygen atoms in total. The molecule has 0 saturated carbocycles. The highest BCUT2D eigenvalue weighted by Gasteiger charge is 1.94. The Morgan fingerprint density at radius 1 is 1.78 bits per heavy atom. The maximum Gasteiger partial charge on any atom is 0.339 e. The fraction of sp³-hybridized carbons (Fsp3) is 0.429. The lowest BCUT2D eigenvalue weighted by molar-refractivity contribution is -0.132. The molecule has 0 amide bonds. The molecule has 0 spiro atoms. The number of hydrogen-bond donors (Lipinski definition) is 1. The number of rotatable bonds is 2. The Bertz CT molecular complexity index is 162. The van der Waals surface area contributed by atoms with Crippen LogP contribution >= 0.6 is 0 Å². The van der Waals surface area contributed by atoms with Crippen LogP contribution in [0.5, 0.6) is 0 Å². The van der Waals surface area contributed by atoms with Gasteiger partial charge in [-0.05, 0) is 19.4 Å². The molecule has 0 aliphatic rings. The SMILES string of the molecule is CCC=C=C(C)C(=O)O. The van der Waals surface area contributed by atoms with Crippen molar-refractivity contribution >= 4 is 5.97 Å². The van der Waals surface area contributed by atoms with Crippen molar-refractivity contribution in [2.45, 2.75) is 20.3 Å². The molecule has 2 heteroatoms. The molecule has 0 aromatic carbocycles. The van der Waals surface area contributed by atoms with Gasteiger partial charge in [-0.2, -0.15) is 0 Å². The summed E-state index contributed by atoms with van der Waals surface area (Å²) in [5.74, 6) is -0.903. The maximum atomic E-state index is 10.1. The number of carboxylic acid groups (broad SMARTS) is 1. The standard InChI is InChI=1S/C7H10O2/c1-3-4-5-6(2)7(8)9/h4H,3H2,1-2H3,(H,8,9). The van der Waals surface area contributed by atoms with Crippen molar-refractivity contribution in [3.8, 4) is 0 Å². The molecule has 0 bridgehead atoms. The van der Waals surface area contributed by atoms with Crippen LogP contribution in [0.1, 0.15) is 20.3 Å². The van der Waals surface area contributed by atoms with Gasteiger partial charge in [0.05, 0.1) is 5.57 Å². The van der Waals surface area contributed by atoms with Crippen LogP contribution in [0.2, 0.25) is 0 Å². The zero-order valence-corrected chi connectivity index (χ0v) is 5.64. The van der Waals surface area contributed by atoms with Gasteiger partial charge < -0.3 is 5.11 Å². The predicted octanol–water partition coefficient (Wildman–Crippen LogP) is 1.58. The zero-order valence-electron chi connectivity index (χ0n) is 5.64. The monoisotopic (exact) mass is 126 g/mol. The first-order chi connectivity index (χ1) is 4.18. The minimum Gasteiger partial charge on any atom is -0.477 e. The Kier molecular flexibility index (Phi) is 3.49. The highest BCUT2D eigenvalue weighted by atomic mass is 16.4. The fourth-order valence-electron chi connectivity index (χ4n) is 0.317. The van der Waals surface area contributed by atoms with Gasteiger partial charge in [0.1, 0.15) is 0 Å². The Hall–Kier alpha value is -1.01. The largest absolute Gasteiger partial charge is 0.477 e. The van der Waals surface area contributed by atoms with Gasteiger partial charge in [0.15, 0.2) is 0 Å². The highest BCUT2D eigenvalue weighted by Crippen LogP contribution is 1.88. The molecule has 0 radical (unpaired) electrons. The fourth-order valence-corrected chi connectivity index (χ4v) is 0.317. The molecule has 0 aromatic rings. The summed E-state index contributed by atoms with van der Waals surface area (Å²) in [7, 11) is 0. The van der Waals surface area contributed by atoms with E-state index >= 15 is 0 Å². The molecule has 0 aliphatic heterocycles. The second kappa shape index (κ2) is 3.93. The number of aliphatic carboxylic acids is 1. The summed E-state index contributed by atoms with van der Waals surface area (Å²) < 4.78 is 0. The van der Waals surface area contributed by atoms with E-state index in [1.807, 2.05) is 6.92 Å². The van der Waals surface area contributed by atoms with E-state index in [1.165, 1.54) is 6.92 Å². The topological polar surface area (TPSA) is 37.3 Å². The lowest BCUT2D eigenvalue weighted by Crippen LogP contribution is -1.93. The van der Waals surface area contributed by atoms with E-state index in [2.05, 4.69) is 5.73 Å². The minimum atomic E-state index is -0.903. The van der Waals surface area contributed by atoms with Crippen LogP contribution in [-0.4, -0.2) is 11.1 Å². The van der Waals surface area contributed by atoms with Gasteiger partial charge in [-0.25, -0.2) is 4.79 Å². The molecule has 9 heavy (non-hydrogen) atoms. The van der Waals surface area contributed by atoms with Crippen LogP contribution in [0, 0.1) is 0 Å². The molecule has 0 aromatic heterocycles. The van der Waals surface area contributed by atoms with Crippen LogP contribution in [0.25, 0.3) is 0 Å². The summed E-state index contributed by atoms with van der Waals surface area (Å²) in [6, 6.07) is 0. The predicted molar refractivity (Wildman–Crippen MR) is 35.2 cm³/mol. The van der Waals surface area contributed by atoms with Gasteiger partial charge >= 0.3 is 5.97 Å². The van der Waals surface area contributed by atoms with Crippen molar-refractivity contribution < 1.29 is 9.90 Å². The minimum absolute atomic E-state index is 0.261. The van der Waals surface area contributed by atoms with Gasteiger partial charge in [0.2, 0.25) is 0 Å². The second-order valence-electron chi connectivity index (χ2n) is 1.69. The second-order valence-corrected chi connectivity index (χ2v) is 1.69. The first kappa shape index (κ1) is 7.99. The quantitative estimate of drug-likeness (QED) is 0.450. The molecule has 0 rings (SSSR count). The van der Waals surface area contributed by atoms with E-state index in [1.54, 1.807) is 6.08 Å². The van der Waals surface area contributed by atoms with Gasteiger partial charge in [-0.1, -0.05) is 6.92 Å². The van der Waals surface area contributed by atoms with E-state index in [0.717, 1.165) is 6.42 Å². The summed E-state index contributed by atoms with van der Waals surface area (Å²) >= 11 is 0. The van der Waals surface area contributed by atoms with Crippen molar-refractivity contribution in [3.05, 3.63) is 17.4 Å². The molecule has 0 heterocycles. The van der Waals surface area contributed by atoms with Crippen LogP contribution in [0.15, 0.2) is 17.4 Å². The Balaban J connectivity index is 4.16. The Morgan fingerprint density at radius 3 is 2.67 bits per heavy atom. The van der Waals surface area contributed by atoms with Gasteiger partial charge in [0, 0.05) is 0 Å². The van der Waals surface area contributed by atoms with Crippen molar-refractivity contribution in [1.82, 2.24) is 0 Å². The molecule has 0 unspecified atom stereocenters. The summed E-state index contributed by atoms with van der Waals surface area (Å²) in [4.78, 5) is 10.1. The number of carbonyl (C=O) groups is 1. The smallest absolute Gasteiger partial charge is 0.339 e. The molecule has 1 N–H and O–H groups in total. The van der Waals surface area contributed by atoms with Crippen LogP contribution in [0.4, 0.5) is 0 Å². The molecule has 0 saturated heterocycles. The lowest BCUT2D eigenvalue weighted by Gasteiger charge is -1.82. The third-order valence-electron chi connectivity index (χ3n) is 0.843. The summed E-state index contributed by atoms with van der Waals surface area (Å²) in [6.45, 7) is 3.45. The van der Waals surface area contributed by atoms with Gasteiger partial charge in [-0.3, -0.25) is 0 Å². The average molecular weight is 126 g/mol. The maximum absolute atomic E-state index is 10.1. The van der Waals surface area contributed by atoms with Crippen molar-refractivity contribution in [1.29, 1.82) is 0 Å². The molecule has 50 valence electrons. The number of carboxylic acids is 1. The van der Waals surface area contributed by atoms with Crippen molar-refractivity contribution in [2.24, 2.45) is 0 Å². The third kappa shape index (κ3) is 3.56. The van der Waals surface area contributed by atoms with E-state index in [4.69, 9.17) is 5.11 Å².